The fraction of sp³-hybridized carbons (Fsp3) is 0.500. The molecule has 1 atom stereocenters. The number of sulfonamides is 1. The maximum Gasteiger partial charge on any atom is 0.318 e. The van der Waals surface area contributed by atoms with Crippen molar-refractivity contribution in [2.45, 2.75) is 12.6 Å². The van der Waals surface area contributed by atoms with Gasteiger partial charge >= 0.3 is 5.97 Å². The fourth-order valence-electron chi connectivity index (χ4n) is 2.91. The van der Waals surface area contributed by atoms with Crippen molar-refractivity contribution in [1.82, 2.24) is 14.2 Å². The van der Waals surface area contributed by atoms with Gasteiger partial charge in [-0.2, -0.15) is 4.31 Å². The molecule has 0 aliphatic carbocycles. The molecule has 1 aliphatic heterocycles. The molecule has 142 valence electrons. The van der Waals surface area contributed by atoms with Gasteiger partial charge in [-0.3, -0.25) is 9.69 Å². The summed E-state index contributed by atoms with van der Waals surface area (Å²) in [6, 6.07) is 7.96. The molecule has 1 aromatic carbocycles. The maximum absolute atomic E-state index is 11.8. The van der Waals surface area contributed by atoms with E-state index in [0.717, 1.165) is 32.3 Å². The molecule has 2 heterocycles. The third-order valence-electron chi connectivity index (χ3n) is 4.11. The summed E-state index contributed by atoms with van der Waals surface area (Å²) in [4.78, 5) is 17.7. The molecule has 0 radical (unpaired) electrons. The van der Waals surface area contributed by atoms with Gasteiger partial charge in [0.1, 0.15) is 11.6 Å². The maximum atomic E-state index is 11.8. The number of nitrogens with zero attached hydrogens (tertiary/aromatic N) is 3. The van der Waals surface area contributed by atoms with Crippen molar-refractivity contribution in [2.75, 3.05) is 39.0 Å². The third-order valence-corrected chi connectivity index (χ3v) is 6.35. The molecule has 3 rings (SSSR count). The van der Waals surface area contributed by atoms with Gasteiger partial charge in [-0.15, -0.1) is 11.3 Å². The van der Waals surface area contributed by atoms with Crippen LogP contribution < -0.4 is 0 Å². The summed E-state index contributed by atoms with van der Waals surface area (Å²) in [5.74, 6) is -1.18. The number of aromatic nitrogens is 1. The molecule has 0 amide bonds. The number of hydrogen-bond acceptors (Lipinski definition) is 7. The Labute approximate surface area is 156 Å². The van der Waals surface area contributed by atoms with E-state index in [0.29, 0.717) is 19.7 Å². The lowest BCUT2D eigenvalue weighted by molar-refractivity contribution is -0.137. The summed E-state index contributed by atoms with van der Waals surface area (Å²) in [6.07, 6.45) is 0.643. The number of carboxylic acid groups (broad SMARTS) is 1. The van der Waals surface area contributed by atoms with Crippen LogP contribution in [0.4, 0.5) is 0 Å². The van der Waals surface area contributed by atoms with Crippen LogP contribution in [0.15, 0.2) is 24.3 Å². The summed E-state index contributed by atoms with van der Waals surface area (Å²) in [5, 5.41) is 9.93. The van der Waals surface area contributed by atoms with Crippen LogP contribution in [0.2, 0.25) is 0 Å². The van der Waals surface area contributed by atoms with E-state index in [1.165, 1.54) is 0 Å². The second kappa shape index (κ2) is 7.97. The van der Waals surface area contributed by atoms with Crippen molar-refractivity contribution in [3.8, 4) is 0 Å². The lowest BCUT2D eigenvalue weighted by Crippen LogP contribution is -2.49. The van der Waals surface area contributed by atoms with Crippen LogP contribution in [0.1, 0.15) is 5.01 Å². The SMILES string of the molecule is CS(=O)(=O)N(CC(=O)O)CC1CN(Cc2nc3ccccc3s2)CCO1. The standard InChI is InChI=1S/C16H21N3O5S2/c1-26(22,23)19(11-16(20)21)9-12-8-18(6-7-24-12)10-15-17-13-4-2-3-5-14(13)25-15/h2-5,12H,6-11H2,1H3,(H,20,21). The first-order valence-corrected chi connectivity index (χ1v) is 10.8. The number of rotatable bonds is 7. The Bertz CT molecular complexity index is 850. The van der Waals surface area contributed by atoms with Gasteiger partial charge in [0.25, 0.3) is 0 Å². The summed E-state index contributed by atoms with van der Waals surface area (Å²) < 4.78 is 31.3. The topological polar surface area (TPSA) is 100 Å². The van der Waals surface area contributed by atoms with Crippen LogP contribution in [-0.4, -0.2) is 78.8 Å². The quantitative estimate of drug-likeness (QED) is 0.736. The van der Waals surface area contributed by atoms with E-state index >= 15 is 0 Å². The van der Waals surface area contributed by atoms with Gasteiger partial charge in [-0.05, 0) is 12.1 Å². The van der Waals surface area contributed by atoms with Crippen molar-refractivity contribution in [3.63, 3.8) is 0 Å². The predicted molar refractivity (Wildman–Crippen MR) is 98.7 cm³/mol. The molecule has 0 spiro atoms. The van der Waals surface area contributed by atoms with E-state index in [2.05, 4.69) is 9.88 Å². The minimum absolute atomic E-state index is 0.0292. The third kappa shape index (κ3) is 4.98. The number of para-hydroxylation sites is 1. The molecule has 10 heteroatoms. The summed E-state index contributed by atoms with van der Waals surface area (Å²) in [6.45, 7) is 1.86. The molecular weight excluding hydrogens is 378 g/mol. The summed E-state index contributed by atoms with van der Waals surface area (Å²) in [7, 11) is -3.61. The molecule has 1 saturated heterocycles. The molecule has 1 aromatic heterocycles. The Kier molecular flexibility index (Phi) is 5.88. The number of aliphatic carboxylic acids is 1. The van der Waals surface area contributed by atoms with E-state index < -0.39 is 22.5 Å². The van der Waals surface area contributed by atoms with Crippen LogP contribution in [0.25, 0.3) is 10.2 Å². The van der Waals surface area contributed by atoms with E-state index in [1.54, 1.807) is 11.3 Å². The van der Waals surface area contributed by atoms with Gasteiger partial charge in [-0.25, -0.2) is 13.4 Å². The highest BCUT2D eigenvalue weighted by Crippen LogP contribution is 2.23. The Hall–Kier alpha value is -1.59. The van der Waals surface area contributed by atoms with Crippen molar-refractivity contribution >= 4 is 37.5 Å². The number of ether oxygens (including phenoxy) is 1. The van der Waals surface area contributed by atoms with E-state index in [-0.39, 0.29) is 12.6 Å². The lowest BCUT2D eigenvalue weighted by Gasteiger charge is -2.34. The zero-order valence-electron chi connectivity index (χ0n) is 14.4. The average Bonchev–Trinajstić information content (AvgIpc) is 2.95. The molecule has 1 unspecified atom stereocenters. The predicted octanol–water partition coefficient (Wildman–Crippen LogP) is 0.843. The summed E-state index contributed by atoms with van der Waals surface area (Å²) in [5.41, 5.74) is 0.974. The van der Waals surface area contributed by atoms with Gasteiger partial charge in [0.15, 0.2) is 0 Å². The van der Waals surface area contributed by atoms with Crippen LogP contribution in [-0.2, 0) is 26.1 Å². The number of hydrogen-bond donors (Lipinski definition) is 1. The molecule has 1 fully saturated rings. The van der Waals surface area contributed by atoms with Gasteiger partial charge in [-0.1, -0.05) is 12.1 Å². The number of morpholine rings is 1. The summed E-state index contributed by atoms with van der Waals surface area (Å²) >= 11 is 1.64. The normalized spacial score (nSPS) is 19.2. The van der Waals surface area contributed by atoms with E-state index in [4.69, 9.17) is 9.84 Å². The van der Waals surface area contributed by atoms with E-state index in [9.17, 15) is 13.2 Å². The molecule has 1 aliphatic rings. The van der Waals surface area contributed by atoms with Gasteiger partial charge in [0.2, 0.25) is 10.0 Å². The number of carboxylic acids is 1. The highest BCUT2D eigenvalue weighted by Gasteiger charge is 2.28. The Morgan fingerprint density at radius 1 is 1.46 bits per heavy atom. The van der Waals surface area contributed by atoms with Crippen molar-refractivity contribution in [2.24, 2.45) is 0 Å². The fourth-order valence-corrected chi connectivity index (χ4v) is 4.70. The monoisotopic (exact) mass is 399 g/mol. The van der Waals surface area contributed by atoms with E-state index in [1.807, 2.05) is 24.3 Å². The average molecular weight is 399 g/mol. The zero-order valence-corrected chi connectivity index (χ0v) is 16.0. The minimum atomic E-state index is -3.61. The lowest BCUT2D eigenvalue weighted by atomic mass is 10.2. The Morgan fingerprint density at radius 3 is 2.92 bits per heavy atom. The van der Waals surface area contributed by atoms with Crippen LogP contribution in [0.5, 0.6) is 0 Å². The van der Waals surface area contributed by atoms with Crippen LogP contribution >= 0.6 is 11.3 Å². The van der Waals surface area contributed by atoms with Gasteiger partial charge in [0, 0.05) is 19.6 Å². The molecule has 0 saturated carbocycles. The number of benzene rings is 1. The largest absolute Gasteiger partial charge is 0.480 e. The van der Waals surface area contributed by atoms with Crippen LogP contribution in [0, 0.1) is 0 Å². The number of fused-ring (bicyclic) bond motifs is 1. The Balaban J connectivity index is 1.63. The second-order valence-electron chi connectivity index (χ2n) is 6.25. The molecule has 26 heavy (non-hydrogen) atoms. The first kappa shape index (κ1) is 19.2. The highest BCUT2D eigenvalue weighted by atomic mass is 32.2. The number of thiazole rings is 1. The number of carbonyl (C=O) groups is 1. The Morgan fingerprint density at radius 2 is 2.23 bits per heavy atom. The second-order valence-corrected chi connectivity index (χ2v) is 9.35. The molecular formula is C16H21N3O5S2. The molecule has 1 N–H and O–H groups in total. The first-order chi connectivity index (χ1) is 12.3. The van der Waals surface area contributed by atoms with Gasteiger partial charge in [0.05, 0.1) is 35.7 Å². The first-order valence-electron chi connectivity index (χ1n) is 8.16. The zero-order chi connectivity index (χ0) is 18.7. The van der Waals surface area contributed by atoms with Gasteiger partial charge < -0.3 is 9.84 Å². The van der Waals surface area contributed by atoms with Crippen molar-refractivity contribution in [3.05, 3.63) is 29.3 Å². The smallest absolute Gasteiger partial charge is 0.318 e. The molecule has 8 nitrogen and oxygen atoms in total. The molecule has 0 bridgehead atoms. The van der Waals surface area contributed by atoms with Crippen LogP contribution in [0.3, 0.4) is 0 Å². The van der Waals surface area contributed by atoms with Crippen molar-refractivity contribution in [1.29, 1.82) is 0 Å². The van der Waals surface area contributed by atoms with Crippen molar-refractivity contribution < 1.29 is 23.1 Å². The minimum Gasteiger partial charge on any atom is -0.480 e. The highest BCUT2D eigenvalue weighted by molar-refractivity contribution is 7.88. The molecule has 2 aromatic rings.